The molecule has 0 unspecified atom stereocenters. The molecule has 2 amide bonds. The van der Waals surface area contributed by atoms with E-state index < -0.39 is 5.91 Å². The smallest absolute Gasteiger partial charge is 0.254 e. The Morgan fingerprint density at radius 2 is 1.70 bits per heavy atom. The Kier molecular flexibility index (Phi) is 5.36. The summed E-state index contributed by atoms with van der Waals surface area (Å²) in [5.41, 5.74) is 5.67. The number of hydrogen-bond acceptors (Lipinski definition) is 3. The number of ether oxygens (including phenoxy) is 1. The Morgan fingerprint density at radius 1 is 1.04 bits per heavy atom. The number of carbonyl (C=O) groups is 2. The Labute approximate surface area is 135 Å². The van der Waals surface area contributed by atoms with Gasteiger partial charge in [-0.3, -0.25) is 9.59 Å². The predicted molar refractivity (Wildman–Crippen MR) is 88.3 cm³/mol. The van der Waals surface area contributed by atoms with Crippen molar-refractivity contribution in [2.45, 2.75) is 19.9 Å². The lowest BCUT2D eigenvalue weighted by molar-refractivity contribution is -0.119. The third-order valence-electron chi connectivity index (χ3n) is 3.27. The van der Waals surface area contributed by atoms with Gasteiger partial charge in [-0.1, -0.05) is 24.3 Å². The number of benzene rings is 2. The number of hydrogen-bond donors (Lipinski definition) is 1. The van der Waals surface area contributed by atoms with Crippen LogP contribution in [0.4, 0.5) is 0 Å². The monoisotopic (exact) mass is 312 g/mol. The van der Waals surface area contributed by atoms with E-state index in [4.69, 9.17) is 10.5 Å². The lowest BCUT2D eigenvalue weighted by Crippen LogP contribution is -2.42. The van der Waals surface area contributed by atoms with Gasteiger partial charge in [0, 0.05) is 11.6 Å². The van der Waals surface area contributed by atoms with E-state index >= 15 is 0 Å². The number of nitrogens with two attached hydrogens (primary N) is 1. The van der Waals surface area contributed by atoms with Gasteiger partial charge in [-0.05, 0) is 44.2 Å². The summed E-state index contributed by atoms with van der Waals surface area (Å²) in [6, 6.07) is 16.1. The maximum absolute atomic E-state index is 12.6. The van der Waals surface area contributed by atoms with Gasteiger partial charge in [0.25, 0.3) is 5.91 Å². The van der Waals surface area contributed by atoms with Crippen LogP contribution >= 0.6 is 0 Å². The second-order valence-electron chi connectivity index (χ2n) is 5.44. The fourth-order valence-electron chi connectivity index (χ4n) is 2.14. The van der Waals surface area contributed by atoms with Crippen molar-refractivity contribution in [1.29, 1.82) is 0 Å². The van der Waals surface area contributed by atoms with Crippen LogP contribution in [0.5, 0.6) is 11.5 Å². The Bertz CT molecular complexity index is 684. The first-order chi connectivity index (χ1) is 11.0. The summed E-state index contributed by atoms with van der Waals surface area (Å²) in [5.74, 6) is 0.459. The fourth-order valence-corrected chi connectivity index (χ4v) is 2.14. The lowest BCUT2D eigenvalue weighted by atomic mass is 10.1. The van der Waals surface area contributed by atoms with Crippen LogP contribution in [0.15, 0.2) is 54.6 Å². The number of carbonyl (C=O) groups excluding carboxylic acids is 2. The Balaban J connectivity index is 2.20. The van der Waals surface area contributed by atoms with E-state index in [-0.39, 0.29) is 18.5 Å². The molecule has 0 aliphatic heterocycles. The summed E-state index contributed by atoms with van der Waals surface area (Å²) in [4.78, 5) is 25.2. The molecule has 0 radical (unpaired) electrons. The van der Waals surface area contributed by atoms with Gasteiger partial charge in [0.1, 0.15) is 11.5 Å². The number of para-hydroxylation sites is 1. The largest absolute Gasteiger partial charge is 0.457 e. The van der Waals surface area contributed by atoms with Crippen molar-refractivity contribution in [3.63, 3.8) is 0 Å². The standard InChI is InChI=1S/C18H20N2O3/c1-13(2)20(12-17(19)21)18(22)14-7-6-10-16(11-14)23-15-8-4-3-5-9-15/h3-11,13H,12H2,1-2H3,(H2,19,21). The first-order valence-corrected chi connectivity index (χ1v) is 7.39. The molecular weight excluding hydrogens is 292 g/mol. The van der Waals surface area contributed by atoms with E-state index in [1.165, 1.54) is 4.90 Å². The Morgan fingerprint density at radius 3 is 2.30 bits per heavy atom. The molecule has 0 saturated carbocycles. The number of nitrogens with zero attached hydrogens (tertiary/aromatic N) is 1. The van der Waals surface area contributed by atoms with E-state index in [2.05, 4.69) is 0 Å². The summed E-state index contributed by atoms with van der Waals surface area (Å²) in [6.07, 6.45) is 0. The van der Waals surface area contributed by atoms with Crippen LogP contribution in [0.1, 0.15) is 24.2 Å². The summed E-state index contributed by atoms with van der Waals surface area (Å²) in [7, 11) is 0. The normalized spacial score (nSPS) is 10.4. The van der Waals surface area contributed by atoms with Crippen LogP contribution in [0, 0.1) is 0 Å². The lowest BCUT2D eigenvalue weighted by Gasteiger charge is -2.25. The van der Waals surface area contributed by atoms with Crippen LogP contribution in [-0.4, -0.2) is 29.3 Å². The van der Waals surface area contributed by atoms with Gasteiger partial charge in [0.2, 0.25) is 5.91 Å². The zero-order chi connectivity index (χ0) is 16.8. The minimum absolute atomic E-state index is 0.111. The molecule has 2 rings (SSSR count). The molecule has 2 aromatic rings. The molecule has 0 heterocycles. The molecule has 23 heavy (non-hydrogen) atoms. The van der Waals surface area contributed by atoms with E-state index in [0.717, 1.165) is 0 Å². The molecule has 0 fully saturated rings. The van der Waals surface area contributed by atoms with Gasteiger partial charge in [0.15, 0.2) is 0 Å². The zero-order valence-corrected chi connectivity index (χ0v) is 13.2. The van der Waals surface area contributed by atoms with Crippen LogP contribution in [0.3, 0.4) is 0 Å². The van der Waals surface area contributed by atoms with Crippen molar-refractivity contribution in [3.05, 3.63) is 60.2 Å². The zero-order valence-electron chi connectivity index (χ0n) is 13.2. The third-order valence-corrected chi connectivity index (χ3v) is 3.27. The van der Waals surface area contributed by atoms with E-state index in [9.17, 15) is 9.59 Å². The summed E-state index contributed by atoms with van der Waals surface area (Å²) >= 11 is 0. The van der Waals surface area contributed by atoms with Crippen LogP contribution in [0.2, 0.25) is 0 Å². The van der Waals surface area contributed by atoms with Crippen LogP contribution < -0.4 is 10.5 Å². The summed E-state index contributed by atoms with van der Waals surface area (Å²) < 4.78 is 5.73. The molecule has 0 saturated heterocycles. The van der Waals surface area contributed by atoms with Crippen molar-refractivity contribution in [3.8, 4) is 11.5 Å². The molecule has 2 N–H and O–H groups in total. The number of rotatable bonds is 6. The van der Waals surface area contributed by atoms with Crippen molar-refractivity contribution >= 4 is 11.8 Å². The van der Waals surface area contributed by atoms with Gasteiger partial charge >= 0.3 is 0 Å². The van der Waals surface area contributed by atoms with Gasteiger partial charge in [-0.25, -0.2) is 0 Å². The SMILES string of the molecule is CC(C)N(CC(N)=O)C(=O)c1cccc(Oc2ccccc2)c1. The van der Waals surface area contributed by atoms with Gasteiger partial charge in [-0.2, -0.15) is 0 Å². The van der Waals surface area contributed by atoms with E-state index in [1.807, 2.05) is 44.2 Å². The predicted octanol–water partition coefficient (Wildman–Crippen LogP) is 2.81. The molecular formula is C18H20N2O3. The minimum atomic E-state index is -0.538. The highest BCUT2D eigenvalue weighted by Crippen LogP contribution is 2.22. The van der Waals surface area contributed by atoms with Crippen LogP contribution in [-0.2, 0) is 4.79 Å². The highest BCUT2D eigenvalue weighted by Gasteiger charge is 2.20. The first kappa shape index (κ1) is 16.5. The van der Waals surface area contributed by atoms with Crippen molar-refractivity contribution in [2.24, 2.45) is 5.73 Å². The van der Waals surface area contributed by atoms with Gasteiger partial charge in [-0.15, -0.1) is 0 Å². The molecule has 0 aliphatic rings. The maximum Gasteiger partial charge on any atom is 0.254 e. The quantitative estimate of drug-likeness (QED) is 0.891. The summed E-state index contributed by atoms with van der Waals surface area (Å²) in [6.45, 7) is 3.57. The van der Waals surface area contributed by atoms with Crippen LogP contribution in [0.25, 0.3) is 0 Å². The van der Waals surface area contributed by atoms with E-state index in [1.54, 1.807) is 24.3 Å². The average molecular weight is 312 g/mol. The number of primary amides is 1. The second kappa shape index (κ2) is 7.45. The third kappa shape index (κ3) is 4.57. The number of amides is 2. The highest BCUT2D eigenvalue weighted by molar-refractivity contribution is 5.96. The summed E-state index contributed by atoms with van der Waals surface area (Å²) in [5, 5.41) is 0. The molecule has 5 nitrogen and oxygen atoms in total. The van der Waals surface area contributed by atoms with Gasteiger partial charge in [0.05, 0.1) is 6.54 Å². The van der Waals surface area contributed by atoms with Gasteiger partial charge < -0.3 is 15.4 Å². The topological polar surface area (TPSA) is 72.6 Å². The molecule has 2 aromatic carbocycles. The molecule has 0 spiro atoms. The van der Waals surface area contributed by atoms with Crippen molar-refractivity contribution in [2.75, 3.05) is 6.54 Å². The molecule has 120 valence electrons. The molecule has 0 aliphatic carbocycles. The highest BCUT2D eigenvalue weighted by atomic mass is 16.5. The molecule has 5 heteroatoms. The van der Waals surface area contributed by atoms with Crippen molar-refractivity contribution in [1.82, 2.24) is 4.90 Å². The van der Waals surface area contributed by atoms with Crippen molar-refractivity contribution < 1.29 is 14.3 Å². The maximum atomic E-state index is 12.6. The average Bonchev–Trinajstić information content (AvgIpc) is 2.53. The fraction of sp³-hybridized carbons (Fsp3) is 0.222. The Hall–Kier alpha value is -2.82. The minimum Gasteiger partial charge on any atom is -0.457 e. The molecule has 0 atom stereocenters. The molecule has 0 aromatic heterocycles. The van der Waals surface area contributed by atoms with E-state index in [0.29, 0.717) is 17.1 Å². The molecule has 0 bridgehead atoms. The first-order valence-electron chi connectivity index (χ1n) is 7.39. The second-order valence-corrected chi connectivity index (χ2v) is 5.44.